The Balaban J connectivity index is 1.98. The number of fused-ring (bicyclic) bond motifs is 1. The number of non-ortho nitro benzene ring substituents is 1. The Labute approximate surface area is 168 Å². The molecule has 5 nitrogen and oxygen atoms in total. The Bertz CT molecular complexity index is 1090. The van der Waals surface area contributed by atoms with E-state index < -0.39 is 0 Å². The van der Waals surface area contributed by atoms with Crippen LogP contribution in [0.1, 0.15) is 42.6 Å². The standard InChI is InChI=1S/C22H21N3O2S/c1-15(16-8-3-2-4-9-16)24-20-13-6-5-12-19(20)22(28)23-21(24)17-10-7-11-18(14-17)25(26)27/h2-4,7-11,14-15H,5-6,12-13H2,1H3. The highest BCUT2D eigenvalue weighted by molar-refractivity contribution is 7.71. The lowest BCUT2D eigenvalue weighted by Gasteiger charge is -2.29. The van der Waals surface area contributed by atoms with E-state index in [0.717, 1.165) is 36.8 Å². The molecule has 1 aliphatic rings. The van der Waals surface area contributed by atoms with Crippen LogP contribution in [0.3, 0.4) is 0 Å². The number of benzene rings is 2. The molecule has 0 bridgehead atoms. The van der Waals surface area contributed by atoms with E-state index in [9.17, 15) is 10.1 Å². The number of rotatable bonds is 4. The number of nitro groups is 1. The lowest BCUT2D eigenvalue weighted by atomic mass is 9.95. The monoisotopic (exact) mass is 391 g/mol. The van der Waals surface area contributed by atoms with Gasteiger partial charge in [0.15, 0.2) is 0 Å². The molecule has 0 fully saturated rings. The van der Waals surface area contributed by atoms with E-state index in [0.29, 0.717) is 10.5 Å². The van der Waals surface area contributed by atoms with Gasteiger partial charge in [0.25, 0.3) is 5.69 Å². The average Bonchev–Trinajstić information content (AvgIpc) is 2.74. The van der Waals surface area contributed by atoms with Gasteiger partial charge in [0.1, 0.15) is 10.5 Å². The quantitative estimate of drug-likeness (QED) is 0.326. The summed E-state index contributed by atoms with van der Waals surface area (Å²) in [6, 6.07) is 17.0. The van der Waals surface area contributed by atoms with Gasteiger partial charge >= 0.3 is 0 Å². The van der Waals surface area contributed by atoms with E-state index in [1.54, 1.807) is 12.1 Å². The third kappa shape index (κ3) is 3.36. The number of aromatic nitrogens is 2. The van der Waals surface area contributed by atoms with Crippen LogP contribution in [-0.2, 0) is 12.8 Å². The highest BCUT2D eigenvalue weighted by Gasteiger charge is 2.23. The number of hydrogen-bond acceptors (Lipinski definition) is 4. The van der Waals surface area contributed by atoms with E-state index in [-0.39, 0.29) is 16.7 Å². The molecular formula is C22H21N3O2S. The molecule has 1 unspecified atom stereocenters. The van der Waals surface area contributed by atoms with Crippen LogP contribution in [0.2, 0.25) is 0 Å². The summed E-state index contributed by atoms with van der Waals surface area (Å²) in [6.07, 6.45) is 4.12. The van der Waals surface area contributed by atoms with Gasteiger partial charge in [-0.15, -0.1) is 0 Å². The lowest BCUT2D eigenvalue weighted by molar-refractivity contribution is -0.384. The van der Waals surface area contributed by atoms with Crippen molar-refractivity contribution in [2.75, 3.05) is 0 Å². The van der Waals surface area contributed by atoms with Crippen molar-refractivity contribution in [2.24, 2.45) is 0 Å². The Kier molecular flexibility index (Phi) is 5.05. The maximum Gasteiger partial charge on any atom is 0.270 e. The van der Waals surface area contributed by atoms with Gasteiger partial charge in [0.05, 0.1) is 11.0 Å². The summed E-state index contributed by atoms with van der Waals surface area (Å²) in [7, 11) is 0. The van der Waals surface area contributed by atoms with Crippen molar-refractivity contribution in [3.05, 3.63) is 86.2 Å². The molecule has 142 valence electrons. The van der Waals surface area contributed by atoms with E-state index in [2.05, 4.69) is 23.6 Å². The highest BCUT2D eigenvalue weighted by Crippen LogP contribution is 2.33. The first-order chi connectivity index (χ1) is 13.6. The smallest absolute Gasteiger partial charge is 0.270 e. The third-order valence-corrected chi connectivity index (χ3v) is 5.75. The van der Waals surface area contributed by atoms with E-state index in [4.69, 9.17) is 17.2 Å². The minimum absolute atomic E-state index is 0.0467. The Morgan fingerprint density at radius 3 is 2.61 bits per heavy atom. The molecule has 1 aliphatic carbocycles. The normalized spacial score (nSPS) is 14.3. The third-order valence-electron chi connectivity index (χ3n) is 5.41. The minimum atomic E-state index is -0.374. The van der Waals surface area contributed by atoms with Gasteiger partial charge in [0.2, 0.25) is 0 Å². The Morgan fingerprint density at radius 1 is 1.11 bits per heavy atom. The van der Waals surface area contributed by atoms with Crippen molar-refractivity contribution >= 4 is 17.9 Å². The first-order valence-corrected chi connectivity index (χ1v) is 9.91. The van der Waals surface area contributed by atoms with E-state index >= 15 is 0 Å². The van der Waals surface area contributed by atoms with Crippen LogP contribution in [0, 0.1) is 14.8 Å². The first-order valence-electron chi connectivity index (χ1n) is 9.50. The van der Waals surface area contributed by atoms with Crippen LogP contribution in [0.4, 0.5) is 5.69 Å². The zero-order valence-corrected chi connectivity index (χ0v) is 16.5. The molecule has 0 N–H and O–H groups in total. The van der Waals surface area contributed by atoms with Crippen LogP contribution in [0.25, 0.3) is 11.4 Å². The zero-order valence-electron chi connectivity index (χ0n) is 15.7. The SMILES string of the molecule is CC(c1ccccc1)n1c(-c2cccc([N+](=O)[O-])c2)nc(=S)c2c1CCCC2. The largest absolute Gasteiger partial charge is 0.322 e. The maximum absolute atomic E-state index is 11.3. The first kappa shape index (κ1) is 18.5. The van der Waals surface area contributed by atoms with Crippen LogP contribution < -0.4 is 0 Å². The summed E-state index contributed by atoms with van der Waals surface area (Å²) in [5.41, 5.74) is 4.31. The Hall–Kier alpha value is -2.86. The fraction of sp³-hybridized carbons (Fsp3) is 0.273. The van der Waals surface area contributed by atoms with Crippen molar-refractivity contribution in [2.45, 2.75) is 38.6 Å². The average molecular weight is 391 g/mol. The zero-order chi connectivity index (χ0) is 19.7. The van der Waals surface area contributed by atoms with Crippen molar-refractivity contribution in [1.29, 1.82) is 0 Å². The summed E-state index contributed by atoms with van der Waals surface area (Å²) in [6.45, 7) is 2.15. The predicted octanol–water partition coefficient (Wildman–Crippen LogP) is 5.68. The second kappa shape index (κ2) is 7.64. The number of nitro benzene ring substituents is 1. The Morgan fingerprint density at radius 2 is 1.86 bits per heavy atom. The minimum Gasteiger partial charge on any atom is -0.322 e. The molecule has 0 saturated carbocycles. The van der Waals surface area contributed by atoms with Gasteiger partial charge in [-0.3, -0.25) is 10.1 Å². The highest BCUT2D eigenvalue weighted by atomic mass is 32.1. The second-order valence-corrected chi connectivity index (χ2v) is 7.52. The molecule has 0 spiro atoms. The lowest BCUT2D eigenvalue weighted by Crippen LogP contribution is -2.21. The topological polar surface area (TPSA) is 61.0 Å². The second-order valence-electron chi connectivity index (χ2n) is 7.14. The molecule has 28 heavy (non-hydrogen) atoms. The maximum atomic E-state index is 11.3. The van der Waals surface area contributed by atoms with Crippen LogP contribution >= 0.6 is 12.2 Å². The summed E-state index contributed by atoms with van der Waals surface area (Å²) < 4.78 is 2.85. The van der Waals surface area contributed by atoms with Gasteiger partial charge in [-0.2, -0.15) is 0 Å². The molecule has 6 heteroatoms. The van der Waals surface area contributed by atoms with Crippen molar-refractivity contribution in [3.8, 4) is 11.4 Å². The van der Waals surface area contributed by atoms with Crippen molar-refractivity contribution in [3.63, 3.8) is 0 Å². The van der Waals surface area contributed by atoms with Gasteiger partial charge in [-0.05, 0) is 38.2 Å². The molecule has 4 rings (SSSR count). The number of nitrogens with zero attached hydrogens (tertiary/aromatic N) is 3. The fourth-order valence-corrected chi connectivity index (χ4v) is 4.30. The van der Waals surface area contributed by atoms with Crippen LogP contribution in [-0.4, -0.2) is 14.5 Å². The van der Waals surface area contributed by atoms with E-state index in [1.807, 2.05) is 24.3 Å². The summed E-state index contributed by atoms with van der Waals surface area (Å²) in [4.78, 5) is 15.7. The van der Waals surface area contributed by atoms with Crippen molar-refractivity contribution in [1.82, 2.24) is 9.55 Å². The molecule has 2 aromatic carbocycles. The molecule has 0 aliphatic heterocycles. The van der Waals surface area contributed by atoms with Crippen LogP contribution in [0.5, 0.6) is 0 Å². The number of hydrogen-bond donors (Lipinski definition) is 0. The molecule has 3 aromatic rings. The van der Waals surface area contributed by atoms with Gasteiger partial charge in [0, 0.05) is 29.0 Å². The van der Waals surface area contributed by atoms with Gasteiger partial charge < -0.3 is 4.57 Å². The molecule has 0 amide bonds. The predicted molar refractivity (Wildman–Crippen MR) is 112 cm³/mol. The molecule has 0 radical (unpaired) electrons. The summed E-state index contributed by atoms with van der Waals surface area (Å²) in [5, 5.41) is 11.3. The molecular weight excluding hydrogens is 370 g/mol. The molecule has 1 atom stereocenters. The molecule has 1 aromatic heterocycles. The van der Waals surface area contributed by atoms with Gasteiger partial charge in [-0.25, -0.2) is 4.98 Å². The molecule has 0 saturated heterocycles. The fourth-order valence-electron chi connectivity index (χ4n) is 3.99. The molecule has 1 heterocycles. The van der Waals surface area contributed by atoms with E-state index in [1.165, 1.54) is 17.3 Å². The summed E-state index contributed by atoms with van der Waals surface area (Å²) >= 11 is 5.62. The van der Waals surface area contributed by atoms with Gasteiger partial charge in [-0.1, -0.05) is 54.7 Å². The van der Waals surface area contributed by atoms with Crippen molar-refractivity contribution < 1.29 is 4.92 Å². The summed E-state index contributed by atoms with van der Waals surface area (Å²) in [5.74, 6) is 0.700. The van der Waals surface area contributed by atoms with Crippen LogP contribution in [0.15, 0.2) is 54.6 Å².